The average molecular weight is 240 g/mol. The monoisotopic (exact) mass is 240 g/mol. The zero-order valence-electron chi connectivity index (χ0n) is 8.72. The van der Waals surface area contributed by atoms with Crippen LogP contribution in [-0.4, -0.2) is 21.5 Å². The van der Waals surface area contributed by atoms with E-state index in [4.69, 9.17) is 0 Å². The lowest BCUT2D eigenvalue weighted by molar-refractivity contribution is 0.403. The molecule has 0 N–H and O–H groups in total. The Labute approximate surface area is 101 Å². The predicted octanol–water partition coefficient (Wildman–Crippen LogP) is 3.06. The molecule has 0 atom stereocenters. The van der Waals surface area contributed by atoms with Crippen molar-refractivity contribution in [3.63, 3.8) is 0 Å². The van der Waals surface area contributed by atoms with Gasteiger partial charge in [0.15, 0.2) is 0 Å². The van der Waals surface area contributed by atoms with Crippen molar-refractivity contribution < 1.29 is 0 Å². The van der Waals surface area contributed by atoms with Crippen LogP contribution in [0.4, 0.5) is 0 Å². The molecule has 1 aliphatic rings. The highest BCUT2D eigenvalue weighted by Crippen LogP contribution is 2.42. The van der Waals surface area contributed by atoms with Crippen LogP contribution >= 0.6 is 24.4 Å². The minimum Gasteiger partial charge on any atom is -0.260 e. The Bertz CT molecular complexity index is 297. The van der Waals surface area contributed by atoms with E-state index in [0.717, 1.165) is 16.5 Å². The van der Waals surface area contributed by atoms with E-state index in [1.807, 2.05) is 18.0 Å². The summed E-state index contributed by atoms with van der Waals surface area (Å²) in [6.45, 7) is 0. The van der Waals surface area contributed by atoms with Gasteiger partial charge in [-0.3, -0.25) is 4.98 Å². The van der Waals surface area contributed by atoms with Gasteiger partial charge in [0, 0.05) is 18.1 Å². The summed E-state index contributed by atoms with van der Waals surface area (Å²) in [5.41, 5.74) is 0.450. The molecule has 0 unspecified atom stereocenters. The molecule has 0 saturated heterocycles. The summed E-state index contributed by atoms with van der Waals surface area (Å²) >= 11 is 6.32. The van der Waals surface area contributed by atoms with Crippen LogP contribution in [0.2, 0.25) is 0 Å². The molecule has 0 radical (unpaired) electrons. The van der Waals surface area contributed by atoms with Crippen molar-refractivity contribution in [2.24, 2.45) is 5.41 Å². The summed E-state index contributed by atoms with van der Waals surface area (Å²) in [7, 11) is 0. The third-order valence-corrected chi connectivity index (χ3v) is 5.00. The summed E-state index contributed by atoms with van der Waals surface area (Å²) in [6.07, 6.45) is 10.7. The topological polar surface area (TPSA) is 25.8 Å². The third-order valence-electron chi connectivity index (χ3n) is 3.07. The normalized spacial score (nSPS) is 19.3. The van der Waals surface area contributed by atoms with Crippen LogP contribution in [0.1, 0.15) is 25.7 Å². The van der Waals surface area contributed by atoms with E-state index in [-0.39, 0.29) is 0 Å². The minimum absolute atomic E-state index is 0.450. The molecule has 0 aliphatic heterocycles. The Morgan fingerprint density at radius 3 is 2.73 bits per heavy atom. The second-order valence-corrected chi connectivity index (χ2v) is 5.51. The Kier molecular flexibility index (Phi) is 3.92. The fourth-order valence-corrected chi connectivity index (χ4v) is 3.75. The molecule has 1 aliphatic carbocycles. The maximum absolute atomic E-state index is 4.50. The molecular weight excluding hydrogens is 224 g/mol. The smallest absolute Gasteiger partial charge is 0.114 e. The van der Waals surface area contributed by atoms with Gasteiger partial charge in [0.05, 0.1) is 6.20 Å². The Hall–Kier alpha value is -0.220. The van der Waals surface area contributed by atoms with Crippen LogP contribution in [0.5, 0.6) is 0 Å². The van der Waals surface area contributed by atoms with Crippen molar-refractivity contribution in [1.29, 1.82) is 0 Å². The first kappa shape index (κ1) is 11.3. The number of aromatic nitrogens is 2. The molecule has 4 heteroatoms. The minimum atomic E-state index is 0.450. The van der Waals surface area contributed by atoms with Crippen molar-refractivity contribution in [3.05, 3.63) is 18.6 Å². The molecule has 2 rings (SSSR count). The van der Waals surface area contributed by atoms with E-state index in [1.165, 1.54) is 25.7 Å². The molecule has 0 aromatic carbocycles. The van der Waals surface area contributed by atoms with Crippen molar-refractivity contribution in [3.8, 4) is 0 Å². The van der Waals surface area contributed by atoms with Crippen LogP contribution in [0, 0.1) is 5.41 Å². The summed E-state index contributed by atoms with van der Waals surface area (Å²) in [5, 5.41) is 1.03. The van der Waals surface area contributed by atoms with E-state index in [9.17, 15) is 0 Å². The van der Waals surface area contributed by atoms with Gasteiger partial charge >= 0.3 is 0 Å². The first-order valence-corrected chi connectivity index (χ1v) is 6.96. The quantitative estimate of drug-likeness (QED) is 0.647. The van der Waals surface area contributed by atoms with Crippen molar-refractivity contribution in [2.75, 3.05) is 11.5 Å². The number of thiol groups is 1. The van der Waals surface area contributed by atoms with E-state index in [1.54, 1.807) is 12.4 Å². The van der Waals surface area contributed by atoms with Gasteiger partial charge in [-0.25, -0.2) is 4.98 Å². The number of rotatable bonds is 4. The zero-order valence-corrected chi connectivity index (χ0v) is 10.4. The van der Waals surface area contributed by atoms with Crippen LogP contribution in [0.15, 0.2) is 23.6 Å². The standard InChI is InChI=1S/C11H16N2S2/c14-8-11(3-1-2-4-11)9-15-10-7-12-5-6-13-10/h5-7,14H,1-4,8-9H2. The second-order valence-electron chi connectivity index (χ2n) is 4.20. The lowest BCUT2D eigenvalue weighted by Gasteiger charge is -2.25. The number of thioether (sulfide) groups is 1. The van der Waals surface area contributed by atoms with Crippen LogP contribution in [0.25, 0.3) is 0 Å². The number of hydrogen-bond acceptors (Lipinski definition) is 4. The van der Waals surface area contributed by atoms with Gasteiger partial charge in [-0.05, 0) is 24.0 Å². The molecule has 1 heterocycles. The van der Waals surface area contributed by atoms with E-state index < -0.39 is 0 Å². The molecular formula is C11H16N2S2. The van der Waals surface area contributed by atoms with Gasteiger partial charge in [-0.15, -0.1) is 11.8 Å². The maximum Gasteiger partial charge on any atom is 0.114 e. The van der Waals surface area contributed by atoms with Gasteiger partial charge in [0.2, 0.25) is 0 Å². The lowest BCUT2D eigenvalue weighted by atomic mass is 9.91. The maximum atomic E-state index is 4.50. The predicted molar refractivity (Wildman–Crippen MR) is 67.5 cm³/mol. The summed E-state index contributed by atoms with van der Waals surface area (Å²) in [5.74, 6) is 2.13. The summed E-state index contributed by atoms with van der Waals surface area (Å²) in [4.78, 5) is 8.36. The molecule has 0 spiro atoms. The molecule has 1 fully saturated rings. The molecule has 0 amide bonds. The average Bonchev–Trinajstić information content (AvgIpc) is 2.77. The highest BCUT2D eigenvalue weighted by Gasteiger charge is 2.32. The Morgan fingerprint density at radius 2 is 2.13 bits per heavy atom. The summed E-state index contributed by atoms with van der Waals surface area (Å²) in [6, 6.07) is 0. The summed E-state index contributed by atoms with van der Waals surface area (Å²) < 4.78 is 0. The molecule has 15 heavy (non-hydrogen) atoms. The van der Waals surface area contributed by atoms with Crippen LogP contribution < -0.4 is 0 Å². The first-order valence-electron chi connectivity index (χ1n) is 5.34. The van der Waals surface area contributed by atoms with Crippen molar-refractivity contribution in [1.82, 2.24) is 9.97 Å². The fourth-order valence-electron chi connectivity index (χ4n) is 2.06. The van der Waals surface area contributed by atoms with Gasteiger partial charge in [0.1, 0.15) is 5.03 Å². The third kappa shape index (κ3) is 2.88. The Morgan fingerprint density at radius 1 is 1.33 bits per heavy atom. The van der Waals surface area contributed by atoms with Crippen LogP contribution in [-0.2, 0) is 0 Å². The lowest BCUT2D eigenvalue weighted by Crippen LogP contribution is -2.21. The van der Waals surface area contributed by atoms with E-state index in [2.05, 4.69) is 22.6 Å². The van der Waals surface area contributed by atoms with Crippen molar-refractivity contribution >= 4 is 24.4 Å². The van der Waals surface area contributed by atoms with Gasteiger partial charge < -0.3 is 0 Å². The molecule has 0 bridgehead atoms. The highest BCUT2D eigenvalue weighted by atomic mass is 32.2. The second kappa shape index (κ2) is 5.21. The van der Waals surface area contributed by atoms with Gasteiger partial charge in [-0.1, -0.05) is 12.8 Å². The Balaban J connectivity index is 1.92. The first-order chi connectivity index (χ1) is 7.35. The highest BCUT2D eigenvalue weighted by molar-refractivity contribution is 7.99. The zero-order chi connectivity index (χ0) is 10.6. The van der Waals surface area contributed by atoms with Gasteiger partial charge in [0.25, 0.3) is 0 Å². The molecule has 1 aromatic heterocycles. The number of nitrogens with zero attached hydrogens (tertiary/aromatic N) is 2. The number of hydrogen-bond donors (Lipinski definition) is 1. The van der Waals surface area contributed by atoms with E-state index in [0.29, 0.717) is 5.41 Å². The molecule has 2 nitrogen and oxygen atoms in total. The molecule has 1 saturated carbocycles. The van der Waals surface area contributed by atoms with Crippen molar-refractivity contribution in [2.45, 2.75) is 30.7 Å². The molecule has 1 aromatic rings. The SMILES string of the molecule is SCC1(CSc2cnccn2)CCCC1. The van der Waals surface area contributed by atoms with Crippen LogP contribution in [0.3, 0.4) is 0 Å². The fraction of sp³-hybridized carbons (Fsp3) is 0.636. The van der Waals surface area contributed by atoms with Gasteiger partial charge in [-0.2, -0.15) is 12.6 Å². The molecule has 82 valence electrons. The largest absolute Gasteiger partial charge is 0.260 e. The van der Waals surface area contributed by atoms with E-state index >= 15 is 0 Å².